The topological polar surface area (TPSA) is 26.0 Å². The number of nitrogens with two attached hydrogens (primary N) is 1. The Labute approximate surface area is 67.3 Å². The van der Waals surface area contributed by atoms with E-state index in [0.717, 1.165) is 3.58 Å². The molecule has 50 valence electrons. The van der Waals surface area contributed by atoms with Crippen molar-refractivity contribution >= 4 is 22.6 Å². The quantitative estimate of drug-likeness (QED) is 0.580. The smallest absolute Gasteiger partial charge is 0.117 e. The molecular formula is C6H7FIN. The molecule has 9 heavy (non-hydrogen) atoms. The third-order valence-corrected chi connectivity index (χ3v) is 1.22. The van der Waals surface area contributed by atoms with Gasteiger partial charge in [-0.15, -0.1) is 0 Å². The van der Waals surface area contributed by atoms with E-state index >= 15 is 0 Å². The Morgan fingerprint density at radius 3 is 2.56 bits per heavy atom. The van der Waals surface area contributed by atoms with Gasteiger partial charge in [0.05, 0.1) is 0 Å². The van der Waals surface area contributed by atoms with Gasteiger partial charge in [0.15, 0.2) is 0 Å². The van der Waals surface area contributed by atoms with Crippen LogP contribution in [-0.2, 0) is 0 Å². The summed E-state index contributed by atoms with van der Waals surface area (Å²) in [4.78, 5) is 0. The lowest BCUT2D eigenvalue weighted by Gasteiger charge is -1.84. The molecule has 0 amide bonds. The molecule has 0 aliphatic carbocycles. The zero-order valence-electron chi connectivity index (χ0n) is 4.77. The average Bonchev–Trinajstić information content (AvgIpc) is 1.63. The summed E-state index contributed by atoms with van der Waals surface area (Å²) >= 11 is 1.95. The van der Waals surface area contributed by atoms with Crippen LogP contribution in [0.5, 0.6) is 0 Å². The predicted molar refractivity (Wildman–Crippen MR) is 45.7 cm³/mol. The highest BCUT2D eigenvalue weighted by Crippen LogP contribution is 2.10. The van der Waals surface area contributed by atoms with Crippen LogP contribution in [-0.4, -0.2) is 0 Å². The average molecular weight is 239 g/mol. The summed E-state index contributed by atoms with van der Waals surface area (Å²) in [5.41, 5.74) is 5.03. The molecule has 2 N–H and O–H groups in total. The predicted octanol–water partition coefficient (Wildman–Crippen LogP) is 2.26. The molecule has 0 aromatic rings. The van der Waals surface area contributed by atoms with E-state index in [1.807, 2.05) is 22.6 Å². The monoisotopic (exact) mass is 239 g/mol. The van der Waals surface area contributed by atoms with E-state index < -0.39 is 5.83 Å². The molecule has 3 heteroatoms. The van der Waals surface area contributed by atoms with Crippen LogP contribution in [0.2, 0.25) is 0 Å². The molecule has 0 saturated carbocycles. The molecule has 0 rings (SSSR count). The number of rotatable bonds is 2. The fraction of sp³-hybridized carbons (Fsp3) is 0. The minimum Gasteiger partial charge on any atom is -0.405 e. The summed E-state index contributed by atoms with van der Waals surface area (Å²) in [5.74, 6) is -0.461. The van der Waals surface area contributed by atoms with Gasteiger partial charge in [-0.3, -0.25) is 0 Å². The van der Waals surface area contributed by atoms with Crippen molar-refractivity contribution < 1.29 is 4.39 Å². The Kier molecular flexibility index (Phi) is 4.39. The highest BCUT2D eigenvalue weighted by atomic mass is 127. The SMILES string of the molecule is C=C(F)/C=C(I)\C=C/N. The van der Waals surface area contributed by atoms with Gasteiger partial charge in [-0.25, -0.2) is 4.39 Å². The molecule has 0 aliphatic rings. The van der Waals surface area contributed by atoms with Gasteiger partial charge in [-0.05, 0) is 40.9 Å². The van der Waals surface area contributed by atoms with E-state index in [0.29, 0.717) is 0 Å². The van der Waals surface area contributed by atoms with Crippen molar-refractivity contribution in [3.8, 4) is 0 Å². The summed E-state index contributed by atoms with van der Waals surface area (Å²) in [7, 11) is 0. The molecule has 0 unspecified atom stereocenters. The van der Waals surface area contributed by atoms with Gasteiger partial charge >= 0.3 is 0 Å². The van der Waals surface area contributed by atoms with Gasteiger partial charge in [0.1, 0.15) is 5.83 Å². The van der Waals surface area contributed by atoms with Crippen molar-refractivity contribution in [2.24, 2.45) is 5.73 Å². The van der Waals surface area contributed by atoms with Gasteiger partial charge < -0.3 is 5.73 Å². The van der Waals surface area contributed by atoms with Crippen LogP contribution in [0, 0.1) is 0 Å². The largest absolute Gasteiger partial charge is 0.405 e. The molecule has 0 bridgehead atoms. The third-order valence-electron chi connectivity index (χ3n) is 0.550. The normalized spacial score (nSPS) is 12.4. The Balaban J connectivity index is 4.00. The fourth-order valence-electron chi connectivity index (χ4n) is 0.290. The minimum absolute atomic E-state index is 0.461. The second kappa shape index (κ2) is 4.55. The first-order chi connectivity index (χ1) is 4.16. The van der Waals surface area contributed by atoms with E-state index in [4.69, 9.17) is 5.73 Å². The zero-order chi connectivity index (χ0) is 7.28. The van der Waals surface area contributed by atoms with Crippen LogP contribution >= 0.6 is 22.6 Å². The highest BCUT2D eigenvalue weighted by molar-refractivity contribution is 14.1. The minimum atomic E-state index is -0.461. The number of halogens is 2. The molecule has 1 nitrogen and oxygen atoms in total. The maximum absolute atomic E-state index is 11.9. The fourth-order valence-corrected chi connectivity index (χ4v) is 0.835. The molecule has 0 radical (unpaired) electrons. The van der Waals surface area contributed by atoms with Gasteiger partial charge in [0.25, 0.3) is 0 Å². The van der Waals surface area contributed by atoms with Crippen LogP contribution in [0.3, 0.4) is 0 Å². The third kappa shape index (κ3) is 5.55. The lowest BCUT2D eigenvalue weighted by Crippen LogP contribution is -1.75. The van der Waals surface area contributed by atoms with E-state index in [1.54, 1.807) is 6.08 Å². The second-order valence-corrected chi connectivity index (χ2v) is 2.58. The molecule has 0 fully saturated rings. The van der Waals surface area contributed by atoms with Crippen molar-refractivity contribution in [3.05, 3.63) is 34.3 Å². The molecule has 0 saturated heterocycles. The molecular weight excluding hydrogens is 232 g/mol. The Bertz CT molecular complexity index is 160. The lowest BCUT2D eigenvalue weighted by molar-refractivity contribution is 0.671. The standard InChI is InChI=1S/C6H7FIN/c1-5(7)4-6(8)2-3-9/h2-4H,1,9H2/b3-2-,6-4+. The van der Waals surface area contributed by atoms with Crippen molar-refractivity contribution in [2.75, 3.05) is 0 Å². The first-order valence-electron chi connectivity index (χ1n) is 2.26. The number of hydrogen-bond acceptors (Lipinski definition) is 1. The summed E-state index contributed by atoms with van der Waals surface area (Å²) in [6.45, 7) is 3.05. The molecule has 0 aromatic heterocycles. The van der Waals surface area contributed by atoms with E-state index in [2.05, 4.69) is 6.58 Å². The highest BCUT2D eigenvalue weighted by Gasteiger charge is 1.84. The second-order valence-electron chi connectivity index (χ2n) is 1.34. The molecule has 0 aliphatic heterocycles. The maximum Gasteiger partial charge on any atom is 0.117 e. The zero-order valence-corrected chi connectivity index (χ0v) is 6.93. The molecule has 0 heterocycles. The Morgan fingerprint density at radius 1 is 1.67 bits per heavy atom. The first kappa shape index (κ1) is 8.68. The van der Waals surface area contributed by atoms with E-state index in [-0.39, 0.29) is 0 Å². The number of allylic oxidation sites excluding steroid dienone is 4. The maximum atomic E-state index is 11.9. The van der Waals surface area contributed by atoms with Gasteiger partial charge in [0.2, 0.25) is 0 Å². The first-order valence-corrected chi connectivity index (χ1v) is 3.34. The summed E-state index contributed by atoms with van der Waals surface area (Å²) in [5, 5.41) is 0. The molecule has 0 atom stereocenters. The van der Waals surface area contributed by atoms with Crippen molar-refractivity contribution in [1.82, 2.24) is 0 Å². The van der Waals surface area contributed by atoms with Crippen LogP contribution in [0.4, 0.5) is 4.39 Å². The Morgan fingerprint density at radius 2 is 2.22 bits per heavy atom. The van der Waals surface area contributed by atoms with Crippen molar-refractivity contribution in [2.45, 2.75) is 0 Å². The van der Waals surface area contributed by atoms with E-state index in [9.17, 15) is 4.39 Å². The van der Waals surface area contributed by atoms with Crippen LogP contribution in [0.1, 0.15) is 0 Å². The summed E-state index contributed by atoms with van der Waals surface area (Å²) < 4.78 is 12.6. The molecule has 0 aromatic carbocycles. The van der Waals surface area contributed by atoms with Gasteiger partial charge in [-0.1, -0.05) is 6.58 Å². The Hall–Kier alpha value is -0.320. The lowest BCUT2D eigenvalue weighted by atomic mass is 10.4. The van der Waals surface area contributed by atoms with Gasteiger partial charge in [0, 0.05) is 3.58 Å². The van der Waals surface area contributed by atoms with Crippen LogP contribution < -0.4 is 5.73 Å². The number of hydrogen-bond donors (Lipinski definition) is 1. The van der Waals surface area contributed by atoms with Crippen LogP contribution in [0.15, 0.2) is 34.3 Å². The summed E-state index contributed by atoms with van der Waals surface area (Å²) in [6, 6.07) is 0. The van der Waals surface area contributed by atoms with Gasteiger partial charge in [-0.2, -0.15) is 0 Å². The van der Waals surface area contributed by atoms with E-state index in [1.165, 1.54) is 12.3 Å². The van der Waals surface area contributed by atoms with Crippen molar-refractivity contribution in [3.63, 3.8) is 0 Å². The summed E-state index contributed by atoms with van der Waals surface area (Å²) in [6.07, 6.45) is 4.23. The van der Waals surface area contributed by atoms with Crippen LogP contribution in [0.25, 0.3) is 0 Å². The molecule has 0 spiro atoms. The van der Waals surface area contributed by atoms with Crippen molar-refractivity contribution in [1.29, 1.82) is 0 Å².